The topological polar surface area (TPSA) is 67.2 Å². The van der Waals surface area contributed by atoms with Crippen LogP contribution < -0.4 is 5.32 Å². The molecule has 6 heteroatoms. The third-order valence-electron chi connectivity index (χ3n) is 3.83. The number of para-hydroxylation sites is 1. The number of aliphatic hydroxyl groups is 1. The SMILES string of the molecule is O=C(Cn1ncc2ccccc21)N[C@@H](CO)Cc1ccc(F)cc1. The van der Waals surface area contributed by atoms with E-state index >= 15 is 0 Å². The van der Waals surface area contributed by atoms with Gasteiger partial charge in [0.05, 0.1) is 24.4 Å². The van der Waals surface area contributed by atoms with Crippen LogP contribution >= 0.6 is 0 Å². The maximum Gasteiger partial charge on any atom is 0.242 e. The molecule has 0 aliphatic carbocycles. The summed E-state index contributed by atoms with van der Waals surface area (Å²) in [4.78, 5) is 12.2. The van der Waals surface area contributed by atoms with E-state index in [1.54, 1.807) is 23.0 Å². The molecule has 0 saturated carbocycles. The van der Waals surface area contributed by atoms with Crippen molar-refractivity contribution in [1.82, 2.24) is 15.1 Å². The minimum atomic E-state index is -0.426. The van der Waals surface area contributed by atoms with Crippen LogP contribution in [0.15, 0.2) is 54.7 Å². The molecule has 1 amide bonds. The molecule has 1 atom stereocenters. The minimum absolute atomic E-state index is 0.0768. The number of aliphatic hydroxyl groups excluding tert-OH is 1. The van der Waals surface area contributed by atoms with Gasteiger partial charge in [0.25, 0.3) is 0 Å². The zero-order valence-electron chi connectivity index (χ0n) is 13.0. The van der Waals surface area contributed by atoms with E-state index in [0.717, 1.165) is 16.5 Å². The summed E-state index contributed by atoms with van der Waals surface area (Å²) in [5.74, 6) is -0.543. The van der Waals surface area contributed by atoms with Gasteiger partial charge in [0.1, 0.15) is 12.4 Å². The van der Waals surface area contributed by atoms with Gasteiger partial charge in [-0.25, -0.2) is 4.39 Å². The Morgan fingerprint density at radius 2 is 1.96 bits per heavy atom. The first-order chi connectivity index (χ1) is 11.7. The molecule has 2 N–H and O–H groups in total. The molecule has 0 radical (unpaired) electrons. The van der Waals surface area contributed by atoms with Gasteiger partial charge in [-0.3, -0.25) is 9.48 Å². The summed E-state index contributed by atoms with van der Waals surface area (Å²) < 4.78 is 14.5. The predicted octanol–water partition coefficient (Wildman–Crippen LogP) is 1.90. The lowest BCUT2D eigenvalue weighted by molar-refractivity contribution is -0.122. The van der Waals surface area contributed by atoms with E-state index in [9.17, 15) is 14.3 Å². The Hall–Kier alpha value is -2.73. The van der Waals surface area contributed by atoms with E-state index in [0.29, 0.717) is 6.42 Å². The van der Waals surface area contributed by atoms with Crippen LogP contribution in [0.2, 0.25) is 0 Å². The summed E-state index contributed by atoms with van der Waals surface area (Å²) >= 11 is 0. The second kappa shape index (κ2) is 7.23. The number of carbonyl (C=O) groups excluding carboxylic acids is 1. The summed E-state index contributed by atoms with van der Waals surface area (Å²) in [6.45, 7) is -0.115. The number of fused-ring (bicyclic) bond motifs is 1. The van der Waals surface area contributed by atoms with Gasteiger partial charge in [-0.05, 0) is 30.2 Å². The fraction of sp³-hybridized carbons (Fsp3) is 0.222. The number of amides is 1. The lowest BCUT2D eigenvalue weighted by Gasteiger charge is -2.16. The molecule has 124 valence electrons. The van der Waals surface area contributed by atoms with Gasteiger partial charge in [-0.2, -0.15) is 5.10 Å². The monoisotopic (exact) mass is 327 g/mol. The smallest absolute Gasteiger partial charge is 0.242 e. The van der Waals surface area contributed by atoms with Crippen molar-refractivity contribution in [2.45, 2.75) is 19.0 Å². The quantitative estimate of drug-likeness (QED) is 0.727. The van der Waals surface area contributed by atoms with Gasteiger partial charge in [0, 0.05) is 5.39 Å². The largest absolute Gasteiger partial charge is 0.394 e. The van der Waals surface area contributed by atoms with Gasteiger partial charge in [0.15, 0.2) is 0 Å². The van der Waals surface area contributed by atoms with Crippen LogP contribution in [0.25, 0.3) is 10.9 Å². The fourth-order valence-electron chi connectivity index (χ4n) is 2.63. The third-order valence-corrected chi connectivity index (χ3v) is 3.83. The Balaban J connectivity index is 1.63. The molecule has 24 heavy (non-hydrogen) atoms. The number of carbonyl (C=O) groups is 1. The number of benzene rings is 2. The zero-order valence-corrected chi connectivity index (χ0v) is 13.0. The molecule has 0 aliphatic heterocycles. The van der Waals surface area contributed by atoms with Crippen LogP contribution in [0.5, 0.6) is 0 Å². The predicted molar refractivity (Wildman–Crippen MR) is 88.9 cm³/mol. The Bertz CT molecular complexity index is 830. The Labute approximate surface area is 138 Å². The van der Waals surface area contributed by atoms with Gasteiger partial charge in [-0.15, -0.1) is 0 Å². The molecule has 0 unspecified atom stereocenters. The number of halogens is 1. The second-order valence-corrected chi connectivity index (χ2v) is 5.64. The highest BCUT2D eigenvalue weighted by atomic mass is 19.1. The molecular formula is C18H18FN3O2. The molecule has 1 heterocycles. The first-order valence-corrected chi connectivity index (χ1v) is 7.71. The first-order valence-electron chi connectivity index (χ1n) is 7.71. The highest BCUT2D eigenvalue weighted by Gasteiger charge is 2.14. The Morgan fingerprint density at radius 1 is 1.21 bits per heavy atom. The molecule has 1 aromatic heterocycles. The van der Waals surface area contributed by atoms with Crippen LogP contribution in [0.4, 0.5) is 4.39 Å². The van der Waals surface area contributed by atoms with Crippen molar-refractivity contribution in [2.24, 2.45) is 0 Å². The molecule has 5 nitrogen and oxygen atoms in total. The third kappa shape index (κ3) is 3.78. The van der Waals surface area contributed by atoms with E-state index in [1.165, 1.54) is 12.1 Å². The molecule has 0 spiro atoms. The maximum absolute atomic E-state index is 12.9. The first kappa shape index (κ1) is 16.1. The van der Waals surface area contributed by atoms with E-state index < -0.39 is 6.04 Å². The zero-order chi connectivity index (χ0) is 16.9. The van der Waals surface area contributed by atoms with Crippen molar-refractivity contribution < 1.29 is 14.3 Å². The Kier molecular flexibility index (Phi) is 4.86. The van der Waals surface area contributed by atoms with E-state index in [2.05, 4.69) is 10.4 Å². The van der Waals surface area contributed by atoms with Crippen molar-refractivity contribution in [1.29, 1.82) is 0 Å². The van der Waals surface area contributed by atoms with Gasteiger partial charge in [-0.1, -0.05) is 30.3 Å². The number of nitrogens with zero attached hydrogens (tertiary/aromatic N) is 2. The normalized spacial score (nSPS) is 12.2. The standard InChI is InChI=1S/C18H18FN3O2/c19-15-7-5-13(6-8-15)9-16(12-23)21-18(24)11-22-17-4-2-1-3-14(17)10-20-22/h1-8,10,16,23H,9,11-12H2,(H,21,24)/t16-/m1/s1. The average Bonchev–Trinajstić information content (AvgIpc) is 2.99. The highest BCUT2D eigenvalue weighted by molar-refractivity contribution is 5.82. The number of rotatable bonds is 6. The molecule has 2 aromatic carbocycles. The minimum Gasteiger partial charge on any atom is -0.394 e. The summed E-state index contributed by atoms with van der Waals surface area (Å²) in [5, 5.41) is 17.4. The molecule has 3 aromatic rings. The van der Waals surface area contributed by atoms with Crippen molar-refractivity contribution in [2.75, 3.05) is 6.61 Å². The number of nitrogens with one attached hydrogen (secondary N) is 1. The van der Waals surface area contributed by atoms with Crippen LogP contribution in [0.1, 0.15) is 5.56 Å². The lowest BCUT2D eigenvalue weighted by atomic mass is 10.1. The van der Waals surface area contributed by atoms with E-state index in [4.69, 9.17) is 0 Å². The van der Waals surface area contributed by atoms with Crippen LogP contribution in [-0.4, -0.2) is 33.4 Å². The summed E-state index contributed by atoms with van der Waals surface area (Å²) in [6.07, 6.45) is 2.15. The van der Waals surface area contributed by atoms with Crippen molar-refractivity contribution in [3.63, 3.8) is 0 Å². The van der Waals surface area contributed by atoms with Gasteiger partial charge < -0.3 is 10.4 Å². The number of aromatic nitrogens is 2. The Morgan fingerprint density at radius 3 is 2.71 bits per heavy atom. The number of hydrogen-bond acceptors (Lipinski definition) is 3. The molecule has 3 rings (SSSR count). The molecule has 0 saturated heterocycles. The van der Waals surface area contributed by atoms with Crippen molar-refractivity contribution in [3.05, 3.63) is 66.1 Å². The van der Waals surface area contributed by atoms with Crippen LogP contribution in [-0.2, 0) is 17.8 Å². The van der Waals surface area contributed by atoms with Crippen molar-refractivity contribution >= 4 is 16.8 Å². The molecule has 0 fully saturated rings. The summed E-state index contributed by atoms with van der Waals surface area (Å²) in [6, 6.07) is 13.2. The second-order valence-electron chi connectivity index (χ2n) is 5.64. The number of hydrogen-bond donors (Lipinski definition) is 2. The molecule has 0 bridgehead atoms. The average molecular weight is 327 g/mol. The highest BCUT2D eigenvalue weighted by Crippen LogP contribution is 2.12. The molecule has 0 aliphatic rings. The maximum atomic E-state index is 12.9. The molecular weight excluding hydrogens is 309 g/mol. The van der Waals surface area contributed by atoms with E-state index in [1.807, 2.05) is 24.3 Å². The lowest BCUT2D eigenvalue weighted by Crippen LogP contribution is -2.40. The fourth-order valence-corrected chi connectivity index (χ4v) is 2.63. The van der Waals surface area contributed by atoms with Gasteiger partial charge in [0.2, 0.25) is 5.91 Å². The van der Waals surface area contributed by atoms with Gasteiger partial charge >= 0.3 is 0 Å². The van der Waals surface area contributed by atoms with Crippen LogP contribution in [0, 0.1) is 5.82 Å². The van der Waals surface area contributed by atoms with Crippen LogP contribution in [0.3, 0.4) is 0 Å². The summed E-state index contributed by atoms with van der Waals surface area (Å²) in [5.41, 5.74) is 1.73. The van der Waals surface area contributed by atoms with E-state index in [-0.39, 0.29) is 24.9 Å². The summed E-state index contributed by atoms with van der Waals surface area (Å²) in [7, 11) is 0. The van der Waals surface area contributed by atoms with Crippen molar-refractivity contribution in [3.8, 4) is 0 Å².